The predicted molar refractivity (Wildman–Crippen MR) is 93.5 cm³/mol. The number of rotatable bonds is 4. The molecule has 5 N–H and O–H groups in total. The summed E-state index contributed by atoms with van der Waals surface area (Å²) in [6, 6.07) is 0. The molecule has 1 heterocycles. The lowest BCUT2D eigenvalue weighted by Gasteiger charge is -2.51. The van der Waals surface area contributed by atoms with Crippen molar-refractivity contribution < 1.29 is 39.8 Å². The summed E-state index contributed by atoms with van der Waals surface area (Å²) < 4.78 is 11.0. The molecule has 0 bridgehead atoms. The standard InChI is InChI=1S/C19H32O8/c1-17(2)6-10(21)7-18(3)12(17)4-5-19(18,25)9-26-16-15(24)14(23)13(22)11(8-20)27-16/h11-16,20,22-25H,4-9H2,1-3H3/t11-,12-,13-,14+,15-,16-,18+,19+/m1/s1. The van der Waals surface area contributed by atoms with Crippen molar-refractivity contribution in [3.63, 3.8) is 0 Å². The lowest BCUT2D eigenvalue weighted by molar-refractivity contribution is -0.312. The second-order valence-electron chi connectivity index (χ2n) is 9.43. The van der Waals surface area contributed by atoms with Crippen LogP contribution in [0.3, 0.4) is 0 Å². The fourth-order valence-corrected chi connectivity index (χ4v) is 5.62. The molecule has 3 rings (SSSR count). The molecule has 0 spiro atoms. The van der Waals surface area contributed by atoms with E-state index in [2.05, 4.69) is 13.8 Å². The van der Waals surface area contributed by atoms with Crippen LogP contribution in [0.1, 0.15) is 46.5 Å². The van der Waals surface area contributed by atoms with E-state index in [9.17, 15) is 30.3 Å². The summed E-state index contributed by atoms with van der Waals surface area (Å²) in [6.07, 6.45) is -4.86. The molecular formula is C19H32O8. The first kappa shape index (κ1) is 21.1. The summed E-state index contributed by atoms with van der Waals surface area (Å²) in [7, 11) is 0. The smallest absolute Gasteiger partial charge is 0.186 e. The van der Waals surface area contributed by atoms with E-state index in [0.29, 0.717) is 12.8 Å². The number of Topliss-reactive ketones (excluding diaryl/α,β-unsaturated/α-hetero) is 1. The highest BCUT2D eigenvalue weighted by atomic mass is 16.7. The van der Waals surface area contributed by atoms with Crippen molar-refractivity contribution >= 4 is 5.78 Å². The van der Waals surface area contributed by atoms with Crippen molar-refractivity contribution in [3.8, 4) is 0 Å². The zero-order valence-corrected chi connectivity index (χ0v) is 16.2. The van der Waals surface area contributed by atoms with Gasteiger partial charge in [0.25, 0.3) is 0 Å². The SMILES string of the molecule is CC1(C)CC(=O)C[C@@]2(C)[C@@H]1CC[C@]2(O)CO[C@@H]1O[C@H](CO)[C@@H](O)[C@H](O)[C@H]1O. The number of ketones is 1. The van der Waals surface area contributed by atoms with E-state index in [1.807, 2.05) is 6.92 Å². The Morgan fingerprint density at radius 2 is 1.78 bits per heavy atom. The van der Waals surface area contributed by atoms with Crippen molar-refractivity contribution in [2.45, 2.75) is 82.8 Å². The number of aliphatic hydroxyl groups excluding tert-OH is 4. The first-order valence-corrected chi connectivity index (χ1v) is 9.61. The largest absolute Gasteiger partial charge is 0.394 e. The Kier molecular flexibility index (Phi) is 5.49. The van der Waals surface area contributed by atoms with Crippen LogP contribution in [0.4, 0.5) is 0 Å². The molecular weight excluding hydrogens is 356 g/mol. The molecule has 8 nitrogen and oxygen atoms in total. The molecule has 3 aliphatic rings. The molecule has 1 saturated heterocycles. The quantitative estimate of drug-likeness (QED) is 0.428. The van der Waals surface area contributed by atoms with Gasteiger partial charge >= 0.3 is 0 Å². The zero-order chi connectivity index (χ0) is 20.2. The van der Waals surface area contributed by atoms with Crippen LogP contribution >= 0.6 is 0 Å². The van der Waals surface area contributed by atoms with Gasteiger partial charge in [0.05, 0.1) is 18.8 Å². The second-order valence-corrected chi connectivity index (χ2v) is 9.43. The Balaban J connectivity index is 1.74. The lowest BCUT2D eigenvalue weighted by atomic mass is 9.54. The third kappa shape index (κ3) is 3.35. The fraction of sp³-hybridized carbons (Fsp3) is 0.947. The molecule has 0 aromatic carbocycles. The zero-order valence-electron chi connectivity index (χ0n) is 16.2. The van der Waals surface area contributed by atoms with Crippen molar-refractivity contribution in [3.05, 3.63) is 0 Å². The summed E-state index contributed by atoms with van der Waals surface area (Å²) in [5, 5.41) is 50.5. The van der Waals surface area contributed by atoms with Crippen molar-refractivity contribution in [2.24, 2.45) is 16.7 Å². The molecule has 8 atom stereocenters. The van der Waals surface area contributed by atoms with Crippen molar-refractivity contribution in [1.82, 2.24) is 0 Å². The minimum atomic E-state index is -1.53. The minimum absolute atomic E-state index is 0.118. The molecule has 1 aliphatic heterocycles. The van der Waals surface area contributed by atoms with E-state index in [0.717, 1.165) is 6.42 Å². The molecule has 8 heteroatoms. The lowest BCUT2D eigenvalue weighted by Crippen LogP contribution is -2.61. The maximum atomic E-state index is 12.3. The van der Waals surface area contributed by atoms with Gasteiger partial charge in [-0.15, -0.1) is 0 Å². The predicted octanol–water partition coefficient (Wildman–Crippen LogP) is -0.661. The van der Waals surface area contributed by atoms with Gasteiger partial charge in [0.2, 0.25) is 0 Å². The summed E-state index contributed by atoms with van der Waals surface area (Å²) in [5.41, 5.74) is -2.14. The van der Waals surface area contributed by atoms with Crippen LogP contribution < -0.4 is 0 Å². The molecule has 2 aliphatic carbocycles. The first-order chi connectivity index (χ1) is 12.4. The number of carbonyl (C=O) groups is 1. The van der Waals surface area contributed by atoms with Gasteiger partial charge in [0.1, 0.15) is 30.2 Å². The highest BCUT2D eigenvalue weighted by Gasteiger charge is 2.63. The van der Waals surface area contributed by atoms with Crippen LogP contribution in [-0.2, 0) is 14.3 Å². The minimum Gasteiger partial charge on any atom is -0.394 e. The Morgan fingerprint density at radius 3 is 2.41 bits per heavy atom. The van der Waals surface area contributed by atoms with Crippen LogP contribution in [0.15, 0.2) is 0 Å². The van der Waals surface area contributed by atoms with E-state index >= 15 is 0 Å². The summed E-state index contributed by atoms with van der Waals surface area (Å²) in [4.78, 5) is 12.3. The molecule has 0 aromatic heterocycles. The number of carbonyl (C=O) groups excluding carboxylic acids is 1. The highest BCUT2D eigenvalue weighted by molar-refractivity contribution is 5.81. The van der Waals surface area contributed by atoms with E-state index < -0.39 is 48.3 Å². The highest BCUT2D eigenvalue weighted by Crippen LogP contribution is 2.62. The Morgan fingerprint density at radius 1 is 1.11 bits per heavy atom. The summed E-state index contributed by atoms with van der Waals surface area (Å²) in [6.45, 7) is 5.30. The van der Waals surface area contributed by atoms with Gasteiger partial charge in [-0.25, -0.2) is 0 Å². The van der Waals surface area contributed by atoms with Gasteiger partial charge in [-0.3, -0.25) is 4.79 Å². The molecule has 3 fully saturated rings. The van der Waals surface area contributed by atoms with Crippen molar-refractivity contribution in [2.75, 3.05) is 13.2 Å². The molecule has 0 radical (unpaired) electrons. The first-order valence-electron chi connectivity index (χ1n) is 9.61. The van der Waals surface area contributed by atoms with Crippen LogP contribution in [0.2, 0.25) is 0 Å². The van der Waals surface area contributed by atoms with E-state index in [-0.39, 0.29) is 30.1 Å². The number of aliphatic hydroxyl groups is 5. The average molecular weight is 388 g/mol. The van der Waals surface area contributed by atoms with Gasteiger partial charge in [0, 0.05) is 18.3 Å². The van der Waals surface area contributed by atoms with Crippen LogP contribution in [0.25, 0.3) is 0 Å². The van der Waals surface area contributed by atoms with Gasteiger partial charge in [-0.05, 0) is 24.2 Å². The van der Waals surface area contributed by atoms with Gasteiger partial charge in [-0.2, -0.15) is 0 Å². The van der Waals surface area contributed by atoms with Gasteiger partial charge in [0.15, 0.2) is 6.29 Å². The monoisotopic (exact) mass is 388 g/mol. The van der Waals surface area contributed by atoms with E-state index in [4.69, 9.17) is 9.47 Å². The number of ether oxygens (including phenoxy) is 2. The summed E-state index contributed by atoms with van der Waals surface area (Å²) in [5.74, 6) is 0.276. The Hall–Kier alpha value is -0.610. The molecule has 0 unspecified atom stereocenters. The average Bonchev–Trinajstić information content (AvgIpc) is 2.83. The van der Waals surface area contributed by atoms with E-state index in [1.54, 1.807) is 0 Å². The Labute approximate surface area is 159 Å². The number of hydrogen-bond donors (Lipinski definition) is 5. The summed E-state index contributed by atoms with van der Waals surface area (Å²) >= 11 is 0. The maximum absolute atomic E-state index is 12.3. The third-order valence-corrected chi connectivity index (χ3v) is 7.17. The van der Waals surface area contributed by atoms with Crippen LogP contribution in [0.5, 0.6) is 0 Å². The second kappa shape index (κ2) is 7.02. The number of fused-ring (bicyclic) bond motifs is 1. The van der Waals surface area contributed by atoms with Gasteiger partial charge < -0.3 is 35.0 Å². The molecule has 156 valence electrons. The molecule has 0 aromatic rings. The molecule has 27 heavy (non-hydrogen) atoms. The van der Waals surface area contributed by atoms with Crippen LogP contribution in [-0.4, -0.2) is 80.8 Å². The molecule has 2 saturated carbocycles. The normalized spacial score (nSPS) is 49.9. The fourth-order valence-electron chi connectivity index (χ4n) is 5.62. The Bertz CT molecular complexity index is 578. The molecule has 0 amide bonds. The third-order valence-electron chi connectivity index (χ3n) is 7.17. The topological polar surface area (TPSA) is 137 Å². The van der Waals surface area contributed by atoms with Gasteiger partial charge in [-0.1, -0.05) is 20.8 Å². The van der Waals surface area contributed by atoms with Crippen LogP contribution in [0, 0.1) is 16.7 Å². The van der Waals surface area contributed by atoms with Crippen molar-refractivity contribution in [1.29, 1.82) is 0 Å². The van der Waals surface area contributed by atoms with E-state index in [1.165, 1.54) is 0 Å². The number of hydrogen-bond acceptors (Lipinski definition) is 8. The maximum Gasteiger partial charge on any atom is 0.186 e.